The predicted octanol–water partition coefficient (Wildman–Crippen LogP) is 4.94. The van der Waals surface area contributed by atoms with Crippen molar-refractivity contribution in [3.05, 3.63) is 78.4 Å². The highest BCUT2D eigenvalue weighted by Crippen LogP contribution is 2.25. The molecule has 0 aliphatic heterocycles. The average Bonchev–Trinajstić information content (AvgIpc) is 2.59. The maximum absolute atomic E-state index is 3.62. The maximum Gasteiger partial charge on any atom is 0.0419 e. The Labute approximate surface area is 138 Å². The fraction of sp³-hybridized carbons (Fsp3) is 0.238. The fourth-order valence-electron chi connectivity index (χ4n) is 3.12. The van der Waals surface area contributed by atoms with Crippen molar-refractivity contribution in [1.29, 1.82) is 0 Å². The number of anilines is 1. The summed E-state index contributed by atoms with van der Waals surface area (Å²) in [4.78, 5) is 2.29. The third-order valence-corrected chi connectivity index (χ3v) is 4.33. The smallest absolute Gasteiger partial charge is 0.0419 e. The van der Waals surface area contributed by atoms with Crippen LogP contribution in [0.3, 0.4) is 0 Å². The van der Waals surface area contributed by atoms with Gasteiger partial charge in [0.15, 0.2) is 0 Å². The first-order valence-electron chi connectivity index (χ1n) is 8.19. The Morgan fingerprint density at radius 3 is 2.30 bits per heavy atom. The van der Waals surface area contributed by atoms with Crippen molar-refractivity contribution in [3.8, 4) is 0 Å². The first kappa shape index (κ1) is 15.6. The molecular formula is C21H24N2. The summed E-state index contributed by atoms with van der Waals surface area (Å²) in [5.74, 6) is 0. The molecule has 0 spiro atoms. The molecule has 0 saturated carbocycles. The van der Waals surface area contributed by atoms with Crippen LogP contribution in [-0.2, 0) is 0 Å². The van der Waals surface area contributed by atoms with E-state index in [2.05, 4.69) is 97.1 Å². The van der Waals surface area contributed by atoms with E-state index < -0.39 is 0 Å². The van der Waals surface area contributed by atoms with Crippen molar-refractivity contribution < 1.29 is 0 Å². The second kappa shape index (κ2) is 7.30. The molecule has 23 heavy (non-hydrogen) atoms. The van der Waals surface area contributed by atoms with Crippen LogP contribution in [0.25, 0.3) is 10.8 Å². The van der Waals surface area contributed by atoms with Gasteiger partial charge in [0.05, 0.1) is 0 Å². The van der Waals surface area contributed by atoms with Gasteiger partial charge in [-0.15, -0.1) is 0 Å². The molecule has 0 aliphatic carbocycles. The summed E-state index contributed by atoms with van der Waals surface area (Å²) in [6, 6.07) is 26.1. The summed E-state index contributed by atoms with van der Waals surface area (Å²) >= 11 is 0. The molecule has 3 aromatic rings. The number of nitrogens with zero attached hydrogens (tertiary/aromatic N) is 1. The van der Waals surface area contributed by atoms with Crippen LogP contribution in [0.1, 0.15) is 18.0 Å². The summed E-state index contributed by atoms with van der Waals surface area (Å²) in [6.45, 7) is 0.950. The molecule has 1 atom stereocenters. The van der Waals surface area contributed by atoms with Gasteiger partial charge in [-0.05, 0) is 37.5 Å². The molecule has 118 valence electrons. The van der Waals surface area contributed by atoms with Crippen LogP contribution in [0.5, 0.6) is 0 Å². The summed E-state index contributed by atoms with van der Waals surface area (Å²) in [5, 5.41) is 6.19. The maximum atomic E-state index is 3.62. The van der Waals surface area contributed by atoms with E-state index in [1.807, 2.05) is 0 Å². The van der Waals surface area contributed by atoms with E-state index in [9.17, 15) is 0 Å². The molecule has 3 aromatic carbocycles. The van der Waals surface area contributed by atoms with E-state index in [-0.39, 0.29) is 0 Å². The Hall–Kier alpha value is -2.32. The van der Waals surface area contributed by atoms with Crippen molar-refractivity contribution in [1.82, 2.24) is 4.90 Å². The van der Waals surface area contributed by atoms with Gasteiger partial charge in [0, 0.05) is 23.7 Å². The molecule has 2 heteroatoms. The van der Waals surface area contributed by atoms with Crippen molar-refractivity contribution >= 4 is 16.5 Å². The van der Waals surface area contributed by atoms with Crippen molar-refractivity contribution in [3.63, 3.8) is 0 Å². The molecular weight excluding hydrogens is 280 g/mol. The molecule has 0 fully saturated rings. The molecule has 1 N–H and O–H groups in total. The zero-order valence-corrected chi connectivity index (χ0v) is 13.9. The molecule has 2 nitrogen and oxygen atoms in total. The molecule has 0 aromatic heterocycles. The summed E-state index contributed by atoms with van der Waals surface area (Å²) in [6.07, 6.45) is 1.07. The van der Waals surface area contributed by atoms with Crippen molar-refractivity contribution in [2.75, 3.05) is 26.0 Å². The lowest BCUT2D eigenvalue weighted by atomic mass is 10.0. The van der Waals surface area contributed by atoms with Crippen LogP contribution in [0.4, 0.5) is 5.69 Å². The third kappa shape index (κ3) is 3.72. The minimum absolute atomic E-state index is 0.429. The molecule has 1 unspecified atom stereocenters. The zero-order valence-electron chi connectivity index (χ0n) is 13.9. The minimum atomic E-state index is 0.429. The minimum Gasteiger partial charge on any atom is -0.384 e. The van der Waals surface area contributed by atoms with Crippen LogP contribution in [0.2, 0.25) is 0 Å². The molecule has 0 amide bonds. The first-order valence-corrected chi connectivity index (χ1v) is 8.19. The highest BCUT2D eigenvalue weighted by Gasteiger charge is 2.13. The number of hydrogen-bond donors (Lipinski definition) is 1. The highest BCUT2D eigenvalue weighted by molar-refractivity contribution is 5.93. The van der Waals surface area contributed by atoms with E-state index in [4.69, 9.17) is 0 Å². The number of hydrogen-bond acceptors (Lipinski definition) is 2. The normalized spacial score (nSPS) is 12.5. The molecule has 3 rings (SSSR count). The second-order valence-electron chi connectivity index (χ2n) is 6.13. The zero-order chi connectivity index (χ0) is 16.1. The van der Waals surface area contributed by atoms with E-state index in [1.165, 1.54) is 22.0 Å². The van der Waals surface area contributed by atoms with Gasteiger partial charge in [0.1, 0.15) is 0 Å². The summed E-state index contributed by atoms with van der Waals surface area (Å²) in [5.41, 5.74) is 2.59. The van der Waals surface area contributed by atoms with E-state index >= 15 is 0 Å². The Kier molecular flexibility index (Phi) is 4.94. The van der Waals surface area contributed by atoms with Gasteiger partial charge in [-0.25, -0.2) is 0 Å². The Bertz CT molecular complexity index is 745. The lowest BCUT2D eigenvalue weighted by molar-refractivity contribution is 0.289. The SMILES string of the molecule is CN(C)C(CCNc1cccc2ccccc12)c1ccccc1. The number of rotatable bonds is 6. The van der Waals surface area contributed by atoms with Gasteiger partial charge in [-0.1, -0.05) is 66.7 Å². The van der Waals surface area contributed by atoms with Gasteiger partial charge in [0.2, 0.25) is 0 Å². The van der Waals surface area contributed by atoms with Crippen LogP contribution in [0.15, 0.2) is 72.8 Å². The molecule has 0 saturated heterocycles. The van der Waals surface area contributed by atoms with Gasteiger partial charge >= 0.3 is 0 Å². The molecule has 0 bridgehead atoms. The number of fused-ring (bicyclic) bond motifs is 1. The Morgan fingerprint density at radius 1 is 0.826 bits per heavy atom. The summed E-state index contributed by atoms with van der Waals surface area (Å²) in [7, 11) is 4.30. The average molecular weight is 304 g/mol. The van der Waals surface area contributed by atoms with Crippen LogP contribution >= 0.6 is 0 Å². The number of benzene rings is 3. The highest BCUT2D eigenvalue weighted by atomic mass is 15.1. The van der Waals surface area contributed by atoms with Gasteiger partial charge in [-0.2, -0.15) is 0 Å². The molecule has 0 aliphatic rings. The Balaban J connectivity index is 1.70. The summed E-state index contributed by atoms with van der Waals surface area (Å²) < 4.78 is 0. The topological polar surface area (TPSA) is 15.3 Å². The van der Waals surface area contributed by atoms with Gasteiger partial charge in [0.25, 0.3) is 0 Å². The fourth-order valence-corrected chi connectivity index (χ4v) is 3.12. The quantitative estimate of drug-likeness (QED) is 0.693. The monoisotopic (exact) mass is 304 g/mol. The first-order chi connectivity index (χ1) is 11.3. The molecule has 0 heterocycles. The standard InChI is InChI=1S/C21H24N2/c1-23(2)21(18-10-4-3-5-11-18)15-16-22-20-14-8-12-17-9-6-7-13-19(17)20/h3-14,21-22H,15-16H2,1-2H3. The largest absolute Gasteiger partial charge is 0.384 e. The van der Waals surface area contributed by atoms with Crippen LogP contribution in [-0.4, -0.2) is 25.5 Å². The molecule has 0 radical (unpaired) electrons. The van der Waals surface area contributed by atoms with E-state index in [1.54, 1.807) is 0 Å². The van der Waals surface area contributed by atoms with Gasteiger partial charge in [-0.3, -0.25) is 0 Å². The third-order valence-electron chi connectivity index (χ3n) is 4.33. The van der Waals surface area contributed by atoms with Crippen molar-refractivity contribution in [2.45, 2.75) is 12.5 Å². The van der Waals surface area contributed by atoms with Crippen molar-refractivity contribution in [2.24, 2.45) is 0 Å². The van der Waals surface area contributed by atoms with E-state index in [0.29, 0.717) is 6.04 Å². The van der Waals surface area contributed by atoms with Crippen LogP contribution in [0, 0.1) is 0 Å². The second-order valence-corrected chi connectivity index (χ2v) is 6.13. The van der Waals surface area contributed by atoms with E-state index in [0.717, 1.165) is 13.0 Å². The van der Waals surface area contributed by atoms with Crippen LogP contribution < -0.4 is 5.32 Å². The lowest BCUT2D eigenvalue weighted by Gasteiger charge is -2.25. The predicted molar refractivity (Wildman–Crippen MR) is 99.9 cm³/mol. The van der Waals surface area contributed by atoms with Gasteiger partial charge < -0.3 is 10.2 Å². The lowest BCUT2D eigenvalue weighted by Crippen LogP contribution is -2.22. The Morgan fingerprint density at radius 2 is 1.52 bits per heavy atom. The number of nitrogens with one attached hydrogen (secondary N) is 1.